The second-order valence-corrected chi connectivity index (χ2v) is 9.76. The first kappa shape index (κ1) is 27.8. The number of carbonyl (C=O) groups excluding carboxylic acids is 2. The van der Waals surface area contributed by atoms with Crippen molar-refractivity contribution in [1.82, 2.24) is 19.7 Å². The van der Waals surface area contributed by atoms with Crippen LogP contribution in [0.15, 0.2) is 42.6 Å². The van der Waals surface area contributed by atoms with Gasteiger partial charge in [-0.25, -0.2) is 4.79 Å². The third-order valence-electron chi connectivity index (χ3n) is 6.01. The van der Waals surface area contributed by atoms with Gasteiger partial charge in [0.1, 0.15) is 6.54 Å². The number of nitrogens with zero attached hydrogens (tertiary/aromatic N) is 3. The lowest BCUT2D eigenvalue weighted by Gasteiger charge is -2.32. The van der Waals surface area contributed by atoms with Crippen molar-refractivity contribution in [3.8, 4) is 0 Å². The van der Waals surface area contributed by atoms with Crippen LogP contribution < -0.4 is 5.32 Å². The minimum absolute atomic E-state index is 0.0180. The molecule has 0 saturated heterocycles. The van der Waals surface area contributed by atoms with E-state index in [9.17, 15) is 9.59 Å². The average molecular weight is 489 g/mol. The lowest BCUT2D eigenvalue weighted by molar-refractivity contribution is -0.133. The Morgan fingerprint density at radius 2 is 1.82 bits per heavy atom. The maximum Gasteiger partial charge on any atom is 0.318 e. The number of rotatable bonds is 13. The highest BCUT2D eigenvalue weighted by Gasteiger charge is 2.25. The number of hydrogen-bond acceptors (Lipinski definition) is 2. The lowest BCUT2D eigenvalue weighted by atomic mass is 10.2. The predicted octanol–water partition coefficient (Wildman–Crippen LogP) is 5.78. The molecule has 0 bridgehead atoms. The summed E-state index contributed by atoms with van der Waals surface area (Å²) < 4.78 is 2.13. The molecule has 2 rings (SSSR count). The van der Waals surface area contributed by atoms with Crippen LogP contribution in [0.25, 0.3) is 0 Å². The molecule has 0 aliphatic carbocycles. The topological polar surface area (TPSA) is 57.6 Å². The third kappa shape index (κ3) is 8.39. The van der Waals surface area contributed by atoms with Gasteiger partial charge < -0.3 is 19.7 Å². The Labute approximate surface area is 210 Å². The maximum absolute atomic E-state index is 13.5. The van der Waals surface area contributed by atoms with E-state index in [-0.39, 0.29) is 24.5 Å². The Balaban J connectivity index is 2.17. The minimum atomic E-state index is -0.164. The van der Waals surface area contributed by atoms with Crippen LogP contribution >= 0.6 is 11.6 Å². The number of urea groups is 1. The van der Waals surface area contributed by atoms with Gasteiger partial charge in [0.25, 0.3) is 0 Å². The number of benzene rings is 1. The van der Waals surface area contributed by atoms with Crippen molar-refractivity contribution in [2.45, 2.75) is 73.0 Å². The van der Waals surface area contributed by atoms with E-state index in [1.54, 1.807) is 4.90 Å². The van der Waals surface area contributed by atoms with Gasteiger partial charge >= 0.3 is 6.03 Å². The maximum atomic E-state index is 13.5. The van der Waals surface area contributed by atoms with Gasteiger partial charge in [0.05, 0.1) is 6.54 Å². The second-order valence-electron chi connectivity index (χ2n) is 9.36. The normalized spacial score (nSPS) is 12.0. The summed E-state index contributed by atoms with van der Waals surface area (Å²) in [4.78, 5) is 29.8. The zero-order valence-corrected chi connectivity index (χ0v) is 22.1. The van der Waals surface area contributed by atoms with Gasteiger partial charge in [-0.1, -0.05) is 63.9 Å². The molecule has 1 unspecified atom stereocenters. The van der Waals surface area contributed by atoms with Crippen molar-refractivity contribution < 1.29 is 9.59 Å². The highest BCUT2D eigenvalue weighted by molar-refractivity contribution is 6.31. The summed E-state index contributed by atoms with van der Waals surface area (Å²) in [6.45, 7) is 12.8. The van der Waals surface area contributed by atoms with E-state index < -0.39 is 0 Å². The van der Waals surface area contributed by atoms with Crippen molar-refractivity contribution in [3.05, 3.63) is 58.9 Å². The van der Waals surface area contributed by atoms with E-state index in [0.29, 0.717) is 32.1 Å². The number of aromatic nitrogens is 1. The van der Waals surface area contributed by atoms with Crippen molar-refractivity contribution in [2.24, 2.45) is 5.92 Å². The Morgan fingerprint density at radius 1 is 1.09 bits per heavy atom. The molecule has 1 heterocycles. The molecule has 1 atom stereocenters. The summed E-state index contributed by atoms with van der Waals surface area (Å²) in [5.74, 6) is 0.275. The zero-order chi connectivity index (χ0) is 25.1. The molecule has 2 aromatic rings. The van der Waals surface area contributed by atoms with E-state index in [2.05, 4.69) is 30.7 Å². The van der Waals surface area contributed by atoms with Gasteiger partial charge in [-0.3, -0.25) is 4.79 Å². The van der Waals surface area contributed by atoms with Gasteiger partial charge in [-0.05, 0) is 49.4 Å². The summed E-state index contributed by atoms with van der Waals surface area (Å²) >= 11 is 6.37. The van der Waals surface area contributed by atoms with Gasteiger partial charge in [-0.2, -0.15) is 0 Å². The molecule has 0 aliphatic rings. The highest BCUT2D eigenvalue weighted by Crippen LogP contribution is 2.19. The summed E-state index contributed by atoms with van der Waals surface area (Å²) in [6, 6.07) is 11.7. The molecule has 0 fully saturated rings. The molecule has 6 nitrogen and oxygen atoms in total. The van der Waals surface area contributed by atoms with E-state index in [4.69, 9.17) is 11.6 Å². The van der Waals surface area contributed by atoms with Gasteiger partial charge in [-0.15, -0.1) is 0 Å². The van der Waals surface area contributed by atoms with E-state index >= 15 is 0 Å². The predicted molar refractivity (Wildman–Crippen MR) is 140 cm³/mol. The number of hydrogen-bond donors (Lipinski definition) is 1. The third-order valence-corrected chi connectivity index (χ3v) is 6.38. The summed E-state index contributed by atoms with van der Waals surface area (Å²) in [7, 11) is 0. The van der Waals surface area contributed by atoms with Crippen LogP contribution in [-0.4, -0.2) is 52.0 Å². The standard InChI is InChI=1S/C27H41ClN4O2/c1-6-8-15-29-27(34)32(22(5)7-2)20-26(33)31(17-21(3)4)19-24-13-11-16-30(24)18-23-12-9-10-14-25(23)28/h9-14,16,21-22H,6-8,15,17-20H2,1-5H3,(H,29,34). The zero-order valence-electron chi connectivity index (χ0n) is 21.4. The molecule has 34 heavy (non-hydrogen) atoms. The fraction of sp³-hybridized carbons (Fsp3) is 0.556. The van der Waals surface area contributed by atoms with E-state index in [0.717, 1.165) is 35.5 Å². The van der Waals surface area contributed by atoms with Crippen LogP contribution in [0.4, 0.5) is 4.79 Å². The van der Waals surface area contributed by atoms with Crippen molar-refractivity contribution in [3.63, 3.8) is 0 Å². The summed E-state index contributed by atoms with van der Waals surface area (Å²) in [5.41, 5.74) is 2.08. The van der Waals surface area contributed by atoms with E-state index in [1.807, 2.05) is 61.3 Å². The number of halogens is 1. The van der Waals surface area contributed by atoms with Gasteiger partial charge in [0, 0.05) is 42.6 Å². The van der Waals surface area contributed by atoms with Crippen LogP contribution in [0.2, 0.25) is 5.02 Å². The number of unbranched alkanes of at least 4 members (excludes halogenated alkanes) is 1. The molecule has 0 radical (unpaired) electrons. The summed E-state index contributed by atoms with van der Waals surface area (Å²) in [6.07, 6.45) is 4.75. The first-order valence-electron chi connectivity index (χ1n) is 12.5. The average Bonchev–Trinajstić information content (AvgIpc) is 3.24. The van der Waals surface area contributed by atoms with Gasteiger partial charge in [0.15, 0.2) is 0 Å². The molecule has 0 aliphatic heterocycles. The Kier molecular flexibility index (Phi) is 11.5. The molecule has 1 aromatic carbocycles. The Bertz CT molecular complexity index is 912. The molecule has 0 spiro atoms. The first-order chi connectivity index (χ1) is 16.3. The second kappa shape index (κ2) is 14.1. The van der Waals surface area contributed by atoms with Gasteiger partial charge in [0.2, 0.25) is 5.91 Å². The number of amides is 3. The van der Waals surface area contributed by atoms with Crippen molar-refractivity contribution >= 4 is 23.5 Å². The molecule has 7 heteroatoms. The largest absolute Gasteiger partial charge is 0.345 e. The molecule has 0 saturated carbocycles. The monoisotopic (exact) mass is 488 g/mol. The first-order valence-corrected chi connectivity index (χ1v) is 12.8. The Hall–Kier alpha value is -2.47. The van der Waals surface area contributed by atoms with Crippen molar-refractivity contribution in [1.29, 1.82) is 0 Å². The van der Waals surface area contributed by atoms with Crippen LogP contribution in [0.1, 0.15) is 65.1 Å². The number of carbonyl (C=O) groups is 2. The van der Waals surface area contributed by atoms with Crippen LogP contribution in [0, 0.1) is 5.92 Å². The van der Waals surface area contributed by atoms with Crippen LogP contribution in [0.3, 0.4) is 0 Å². The lowest BCUT2D eigenvalue weighted by Crippen LogP contribution is -2.50. The van der Waals surface area contributed by atoms with Crippen molar-refractivity contribution in [2.75, 3.05) is 19.6 Å². The minimum Gasteiger partial charge on any atom is -0.345 e. The Morgan fingerprint density at radius 3 is 2.47 bits per heavy atom. The molecule has 1 aromatic heterocycles. The molecule has 188 valence electrons. The summed E-state index contributed by atoms with van der Waals surface area (Å²) in [5, 5.41) is 3.70. The fourth-order valence-corrected chi connectivity index (χ4v) is 4.01. The fourth-order valence-electron chi connectivity index (χ4n) is 3.82. The molecule has 1 N–H and O–H groups in total. The molecule has 3 amide bonds. The van der Waals surface area contributed by atoms with E-state index in [1.165, 1.54) is 0 Å². The smallest absolute Gasteiger partial charge is 0.318 e. The van der Waals surface area contributed by atoms with Crippen LogP contribution in [-0.2, 0) is 17.9 Å². The molecular formula is C27H41ClN4O2. The quantitative estimate of drug-likeness (QED) is 0.363. The number of nitrogens with one attached hydrogen (secondary N) is 1. The van der Waals surface area contributed by atoms with Crippen LogP contribution in [0.5, 0.6) is 0 Å². The molecular weight excluding hydrogens is 448 g/mol. The highest BCUT2D eigenvalue weighted by atomic mass is 35.5. The SMILES string of the molecule is CCCCNC(=O)N(CC(=O)N(Cc1cccn1Cc1ccccc1Cl)CC(C)C)C(C)CC.